The summed E-state index contributed by atoms with van der Waals surface area (Å²) in [5, 5.41) is 8.89. The Morgan fingerprint density at radius 3 is 2.94 bits per heavy atom. The lowest BCUT2D eigenvalue weighted by molar-refractivity contribution is -0.174. The summed E-state index contributed by atoms with van der Waals surface area (Å²) in [5.41, 5.74) is -0.637. The molecule has 5 heteroatoms. The van der Waals surface area contributed by atoms with E-state index in [1.54, 1.807) is 0 Å². The molecule has 98 valence electrons. The van der Waals surface area contributed by atoms with E-state index in [1.807, 2.05) is 0 Å². The molecule has 3 fully saturated rings. The van der Waals surface area contributed by atoms with Gasteiger partial charge in [-0.25, -0.2) is 4.79 Å². The Labute approximate surface area is 105 Å². The first-order valence-electron chi connectivity index (χ1n) is 6.30. The van der Waals surface area contributed by atoms with E-state index in [9.17, 15) is 9.59 Å². The highest BCUT2D eigenvalue weighted by atomic mass is 16.6. The van der Waals surface area contributed by atoms with Gasteiger partial charge in [0.1, 0.15) is 11.7 Å². The Morgan fingerprint density at radius 1 is 1.50 bits per heavy atom. The summed E-state index contributed by atoms with van der Waals surface area (Å²) in [6.07, 6.45) is 2.68. The Bertz CT molecular complexity index is 429. The second-order valence-corrected chi connectivity index (χ2v) is 5.42. The molecule has 18 heavy (non-hydrogen) atoms. The molecule has 0 aromatic rings. The molecule has 0 aromatic carbocycles. The summed E-state index contributed by atoms with van der Waals surface area (Å²) in [7, 11) is 0. The highest BCUT2D eigenvalue weighted by Gasteiger charge is 2.64. The van der Waals surface area contributed by atoms with Crippen molar-refractivity contribution >= 4 is 11.9 Å². The van der Waals surface area contributed by atoms with Crippen LogP contribution in [0.15, 0.2) is 12.2 Å². The van der Waals surface area contributed by atoms with Gasteiger partial charge in [-0.05, 0) is 25.7 Å². The zero-order valence-corrected chi connectivity index (χ0v) is 10.1. The largest absolute Gasteiger partial charge is 0.458 e. The lowest BCUT2D eigenvalue weighted by Gasteiger charge is -2.36. The van der Waals surface area contributed by atoms with Crippen molar-refractivity contribution < 1.29 is 24.2 Å². The van der Waals surface area contributed by atoms with Gasteiger partial charge in [0.2, 0.25) is 0 Å². The monoisotopic (exact) mass is 252 g/mol. The summed E-state index contributed by atoms with van der Waals surface area (Å²) in [6, 6.07) is 0. The number of carbonyl (C=O) groups is 2. The number of esters is 2. The zero-order valence-electron chi connectivity index (χ0n) is 10.1. The fourth-order valence-corrected chi connectivity index (χ4v) is 3.57. The van der Waals surface area contributed by atoms with Crippen molar-refractivity contribution in [2.45, 2.75) is 37.4 Å². The lowest BCUT2D eigenvalue weighted by atomic mass is 9.78. The first kappa shape index (κ1) is 11.7. The van der Waals surface area contributed by atoms with Gasteiger partial charge < -0.3 is 14.6 Å². The lowest BCUT2D eigenvalue weighted by Crippen LogP contribution is -2.46. The molecule has 0 aromatic heterocycles. The SMILES string of the molecule is C=C(CO)C(=O)OC12CCC3C(=O)OC1C3CC2. The van der Waals surface area contributed by atoms with E-state index in [2.05, 4.69) is 6.58 Å². The van der Waals surface area contributed by atoms with Crippen LogP contribution in [-0.4, -0.2) is 35.4 Å². The maximum Gasteiger partial charge on any atom is 0.336 e. The second kappa shape index (κ2) is 3.82. The zero-order chi connectivity index (χ0) is 12.9. The fraction of sp³-hybridized carbons (Fsp3) is 0.692. The number of aliphatic hydroxyl groups excluding tert-OH is 1. The van der Waals surface area contributed by atoms with Crippen LogP contribution in [0.3, 0.4) is 0 Å². The first-order valence-corrected chi connectivity index (χ1v) is 6.30. The van der Waals surface area contributed by atoms with Crippen molar-refractivity contribution in [3.8, 4) is 0 Å². The van der Waals surface area contributed by atoms with Crippen molar-refractivity contribution in [3.05, 3.63) is 12.2 Å². The molecule has 1 heterocycles. The molecule has 1 N–H and O–H groups in total. The second-order valence-electron chi connectivity index (χ2n) is 5.42. The fourth-order valence-electron chi connectivity index (χ4n) is 3.57. The van der Waals surface area contributed by atoms with Gasteiger partial charge in [-0.3, -0.25) is 4.79 Å². The average Bonchev–Trinajstić information content (AvgIpc) is 2.72. The predicted molar refractivity (Wildman–Crippen MR) is 60.4 cm³/mol. The highest BCUT2D eigenvalue weighted by Crippen LogP contribution is 2.55. The maximum atomic E-state index is 11.8. The summed E-state index contributed by atoms with van der Waals surface area (Å²) < 4.78 is 10.9. The Balaban J connectivity index is 1.82. The molecule has 2 aliphatic carbocycles. The smallest absolute Gasteiger partial charge is 0.336 e. The van der Waals surface area contributed by atoms with Crippen LogP contribution < -0.4 is 0 Å². The summed E-state index contributed by atoms with van der Waals surface area (Å²) in [5.74, 6) is -0.546. The number of aliphatic hydroxyl groups is 1. The Hall–Kier alpha value is -1.36. The number of hydrogen-bond acceptors (Lipinski definition) is 5. The maximum absolute atomic E-state index is 11.8. The van der Waals surface area contributed by atoms with Crippen molar-refractivity contribution in [1.29, 1.82) is 0 Å². The average molecular weight is 252 g/mol. The highest BCUT2D eigenvalue weighted by molar-refractivity contribution is 5.88. The van der Waals surface area contributed by atoms with Crippen LogP contribution in [0.4, 0.5) is 0 Å². The molecule has 0 radical (unpaired) electrons. The van der Waals surface area contributed by atoms with Crippen molar-refractivity contribution in [1.82, 2.24) is 0 Å². The number of ether oxygens (including phenoxy) is 2. The van der Waals surface area contributed by atoms with Gasteiger partial charge in [0, 0.05) is 5.92 Å². The molecule has 0 amide bonds. The van der Waals surface area contributed by atoms with Crippen LogP contribution in [0, 0.1) is 11.8 Å². The third kappa shape index (κ3) is 1.43. The van der Waals surface area contributed by atoms with Crippen molar-refractivity contribution in [3.63, 3.8) is 0 Å². The molecule has 4 unspecified atom stereocenters. The molecule has 1 aliphatic heterocycles. The predicted octanol–water partition coefficient (Wildman–Crippen LogP) is 0.562. The number of hydrogen-bond donors (Lipinski definition) is 1. The van der Waals surface area contributed by atoms with Gasteiger partial charge >= 0.3 is 11.9 Å². The van der Waals surface area contributed by atoms with E-state index in [0.29, 0.717) is 6.42 Å². The van der Waals surface area contributed by atoms with Crippen LogP contribution in [0.1, 0.15) is 25.7 Å². The van der Waals surface area contributed by atoms with Crippen LogP contribution >= 0.6 is 0 Å². The molecular formula is C13H16O5. The number of carbonyl (C=O) groups excluding carboxylic acids is 2. The van der Waals surface area contributed by atoms with Crippen LogP contribution in [0.25, 0.3) is 0 Å². The standard InChI is InChI=1S/C13H16O5/c1-7(6-14)11(15)18-13-4-2-8-9(3-5-13)12(16)17-10(8)13/h8-10,14H,1-6H2. The van der Waals surface area contributed by atoms with E-state index in [4.69, 9.17) is 14.6 Å². The molecule has 1 saturated heterocycles. The van der Waals surface area contributed by atoms with Crippen LogP contribution in [-0.2, 0) is 19.1 Å². The molecule has 5 nitrogen and oxygen atoms in total. The van der Waals surface area contributed by atoms with E-state index in [0.717, 1.165) is 19.3 Å². The Kier molecular flexibility index (Phi) is 2.48. The van der Waals surface area contributed by atoms with Crippen LogP contribution in [0.2, 0.25) is 0 Å². The third-order valence-corrected chi connectivity index (χ3v) is 4.52. The minimum Gasteiger partial charge on any atom is -0.458 e. The van der Waals surface area contributed by atoms with E-state index in [1.165, 1.54) is 0 Å². The molecule has 0 spiro atoms. The third-order valence-electron chi connectivity index (χ3n) is 4.52. The van der Waals surface area contributed by atoms with Gasteiger partial charge in [0.25, 0.3) is 0 Å². The molecular weight excluding hydrogens is 236 g/mol. The van der Waals surface area contributed by atoms with Crippen molar-refractivity contribution in [2.75, 3.05) is 6.61 Å². The van der Waals surface area contributed by atoms with Crippen molar-refractivity contribution in [2.24, 2.45) is 11.8 Å². The van der Waals surface area contributed by atoms with Gasteiger partial charge in [0.15, 0.2) is 0 Å². The molecule has 3 rings (SSSR count). The summed E-state index contributed by atoms with van der Waals surface area (Å²) in [4.78, 5) is 23.4. The molecule has 2 saturated carbocycles. The minimum atomic E-state index is -0.678. The normalized spacial score (nSPS) is 40.5. The quantitative estimate of drug-likeness (QED) is 0.587. The molecule has 4 bridgehead atoms. The summed E-state index contributed by atoms with van der Waals surface area (Å²) in [6.45, 7) is 3.05. The van der Waals surface area contributed by atoms with E-state index in [-0.39, 0.29) is 29.5 Å². The van der Waals surface area contributed by atoms with Crippen LogP contribution in [0.5, 0.6) is 0 Å². The van der Waals surface area contributed by atoms with E-state index >= 15 is 0 Å². The van der Waals surface area contributed by atoms with Gasteiger partial charge in [-0.15, -0.1) is 0 Å². The van der Waals surface area contributed by atoms with Gasteiger partial charge in [-0.2, -0.15) is 0 Å². The van der Waals surface area contributed by atoms with Gasteiger partial charge in [-0.1, -0.05) is 6.58 Å². The Morgan fingerprint density at radius 2 is 2.22 bits per heavy atom. The molecule has 4 atom stereocenters. The summed E-state index contributed by atoms with van der Waals surface area (Å²) >= 11 is 0. The van der Waals surface area contributed by atoms with Gasteiger partial charge in [0.05, 0.1) is 18.1 Å². The topological polar surface area (TPSA) is 72.8 Å². The molecule has 3 aliphatic rings. The van der Waals surface area contributed by atoms with E-state index < -0.39 is 18.2 Å². The minimum absolute atomic E-state index is 0.00892. The first-order chi connectivity index (χ1) is 8.57. The number of rotatable bonds is 3.